The molecule has 0 aliphatic heterocycles. The Morgan fingerprint density at radius 2 is 2.06 bits per heavy atom. The third-order valence-corrected chi connectivity index (χ3v) is 4.39. The minimum absolute atomic E-state index is 0.104. The molecule has 1 aromatic carbocycles. The van der Waals surface area contributed by atoms with Crippen LogP contribution in [0.3, 0.4) is 0 Å². The van der Waals surface area contributed by atoms with E-state index in [1.807, 2.05) is 48.0 Å². The van der Waals surface area contributed by atoms with Crippen molar-refractivity contribution in [3.05, 3.63) is 53.4 Å². The van der Waals surface area contributed by atoms with Crippen LogP contribution >= 0.6 is 23.1 Å². The standard InChI is InChI=1S/C14H13NOS2/c1-17-14-12(9-10-18-14)15-13(16)8-7-11-5-3-2-4-6-11/h2-10H,1H3,(H,15,16). The average molecular weight is 275 g/mol. The van der Waals surface area contributed by atoms with Crippen molar-refractivity contribution in [3.63, 3.8) is 0 Å². The first kappa shape index (κ1) is 12.9. The van der Waals surface area contributed by atoms with Crippen LogP contribution in [0, 0.1) is 0 Å². The van der Waals surface area contributed by atoms with Crippen LogP contribution in [0.4, 0.5) is 5.69 Å². The Kier molecular flexibility index (Phi) is 4.61. The van der Waals surface area contributed by atoms with E-state index >= 15 is 0 Å². The van der Waals surface area contributed by atoms with Gasteiger partial charge in [-0.1, -0.05) is 30.3 Å². The highest BCUT2D eigenvalue weighted by molar-refractivity contribution is 8.00. The first-order valence-electron chi connectivity index (χ1n) is 5.45. The van der Waals surface area contributed by atoms with Crippen molar-refractivity contribution in [2.75, 3.05) is 11.6 Å². The number of rotatable bonds is 4. The van der Waals surface area contributed by atoms with Crippen LogP contribution in [0.25, 0.3) is 6.08 Å². The summed E-state index contributed by atoms with van der Waals surface area (Å²) in [6.07, 6.45) is 5.36. The number of benzene rings is 1. The molecular formula is C14H13NOS2. The van der Waals surface area contributed by atoms with E-state index in [2.05, 4.69) is 5.32 Å². The maximum Gasteiger partial charge on any atom is 0.248 e. The molecule has 1 heterocycles. The maximum absolute atomic E-state index is 11.7. The van der Waals surface area contributed by atoms with Gasteiger partial charge in [0.1, 0.15) is 0 Å². The number of hydrogen-bond acceptors (Lipinski definition) is 3. The zero-order valence-electron chi connectivity index (χ0n) is 9.92. The van der Waals surface area contributed by atoms with E-state index in [4.69, 9.17) is 0 Å². The largest absolute Gasteiger partial charge is 0.321 e. The lowest BCUT2D eigenvalue weighted by Gasteiger charge is -2.01. The van der Waals surface area contributed by atoms with Gasteiger partial charge in [0.2, 0.25) is 5.91 Å². The van der Waals surface area contributed by atoms with E-state index in [0.717, 1.165) is 15.5 Å². The quantitative estimate of drug-likeness (QED) is 0.671. The highest BCUT2D eigenvalue weighted by Crippen LogP contribution is 2.30. The SMILES string of the molecule is CSc1sccc1NC(=O)C=Cc1ccccc1. The summed E-state index contributed by atoms with van der Waals surface area (Å²) in [5.74, 6) is -0.104. The fourth-order valence-electron chi connectivity index (χ4n) is 1.46. The zero-order valence-corrected chi connectivity index (χ0v) is 11.6. The molecule has 2 rings (SSSR count). The minimum atomic E-state index is -0.104. The van der Waals surface area contributed by atoms with Gasteiger partial charge in [0.15, 0.2) is 0 Å². The molecule has 0 saturated carbocycles. The summed E-state index contributed by atoms with van der Waals surface area (Å²) in [6, 6.07) is 11.7. The Balaban J connectivity index is 1.99. The molecule has 2 aromatic rings. The summed E-state index contributed by atoms with van der Waals surface area (Å²) in [5.41, 5.74) is 1.90. The number of thiophene rings is 1. The van der Waals surface area contributed by atoms with Crippen molar-refractivity contribution in [1.29, 1.82) is 0 Å². The molecular weight excluding hydrogens is 262 g/mol. The van der Waals surface area contributed by atoms with Crippen LogP contribution in [-0.4, -0.2) is 12.2 Å². The van der Waals surface area contributed by atoms with Crippen LogP contribution < -0.4 is 5.32 Å². The summed E-state index contributed by atoms with van der Waals surface area (Å²) < 4.78 is 1.12. The Hall–Kier alpha value is -1.52. The van der Waals surface area contributed by atoms with Gasteiger partial charge in [-0.05, 0) is 29.3 Å². The highest BCUT2D eigenvalue weighted by Gasteiger charge is 2.04. The van der Waals surface area contributed by atoms with Crippen LogP contribution in [0.5, 0.6) is 0 Å². The maximum atomic E-state index is 11.7. The molecule has 0 bridgehead atoms. The summed E-state index contributed by atoms with van der Waals surface area (Å²) in [4.78, 5) is 11.7. The fourth-order valence-corrected chi connectivity index (χ4v) is 2.92. The molecule has 0 aliphatic rings. The lowest BCUT2D eigenvalue weighted by Crippen LogP contribution is -2.07. The second-order valence-electron chi connectivity index (χ2n) is 3.56. The summed E-state index contributed by atoms with van der Waals surface area (Å²) in [7, 11) is 0. The predicted octanol–water partition coefficient (Wildman–Crippen LogP) is 4.12. The Morgan fingerprint density at radius 1 is 1.28 bits per heavy atom. The number of nitrogens with one attached hydrogen (secondary N) is 1. The van der Waals surface area contributed by atoms with E-state index in [1.165, 1.54) is 0 Å². The van der Waals surface area contributed by atoms with Gasteiger partial charge < -0.3 is 5.32 Å². The van der Waals surface area contributed by atoms with Crippen molar-refractivity contribution in [2.24, 2.45) is 0 Å². The third-order valence-electron chi connectivity index (χ3n) is 2.30. The summed E-state index contributed by atoms with van der Waals surface area (Å²) in [5, 5.41) is 4.85. The monoisotopic (exact) mass is 275 g/mol. The summed E-state index contributed by atoms with van der Waals surface area (Å²) in [6.45, 7) is 0. The summed E-state index contributed by atoms with van der Waals surface area (Å²) >= 11 is 3.27. The smallest absolute Gasteiger partial charge is 0.248 e. The van der Waals surface area contributed by atoms with Crippen molar-refractivity contribution in [3.8, 4) is 0 Å². The topological polar surface area (TPSA) is 29.1 Å². The second-order valence-corrected chi connectivity index (χ2v) is 5.55. The van der Waals surface area contributed by atoms with Crippen LogP contribution in [0.1, 0.15) is 5.56 Å². The fraction of sp³-hybridized carbons (Fsp3) is 0.0714. The van der Waals surface area contributed by atoms with Gasteiger partial charge in [-0.2, -0.15) is 0 Å². The second kappa shape index (κ2) is 6.42. The molecule has 0 aliphatic carbocycles. The van der Waals surface area contributed by atoms with Gasteiger partial charge in [-0.15, -0.1) is 23.1 Å². The molecule has 0 unspecified atom stereocenters. The molecule has 92 valence electrons. The lowest BCUT2D eigenvalue weighted by molar-refractivity contribution is -0.111. The first-order valence-corrected chi connectivity index (χ1v) is 7.55. The predicted molar refractivity (Wildman–Crippen MR) is 80.2 cm³/mol. The van der Waals surface area contributed by atoms with Crippen molar-refractivity contribution < 1.29 is 4.79 Å². The molecule has 0 atom stereocenters. The number of carbonyl (C=O) groups is 1. The molecule has 0 fully saturated rings. The Morgan fingerprint density at radius 3 is 2.78 bits per heavy atom. The molecule has 2 nitrogen and oxygen atoms in total. The van der Waals surface area contributed by atoms with Gasteiger partial charge in [-0.3, -0.25) is 4.79 Å². The van der Waals surface area contributed by atoms with E-state index in [1.54, 1.807) is 35.3 Å². The van der Waals surface area contributed by atoms with E-state index in [9.17, 15) is 4.79 Å². The molecule has 4 heteroatoms. The Labute approximate surface area is 115 Å². The molecule has 18 heavy (non-hydrogen) atoms. The molecule has 0 spiro atoms. The van der Waals surface area contributed by atoms with Crippen LogP contribution in [0.2, 0.25) is 0 Å². The van der Waals surface area contributed by atoms with Crippen molar-refractivity contribution >= 4 is 40.8 Å². The molecule has 1 N–H and O–H groups in total. The molecule has 0 saturated heterocycles. The lowest BCUT2D eigenvalue weighted by atomic mass is 10.2. The third kappa shape index (κ3) is 3.48. The van der Waals surface area contributed by atoms with Crippen LogP contribution in [0.15, 0.2) is 52.1 Å². The van der Waals surface area contributed by atoms with Gasteiger partial charge in [0.05, 0.1) is 9.90 Å². The number of hydrogen-bond donors (Lipinski definition) is 1. The first-order chi connectivity index (χ1) is 8.79. The molecule has 0 radical (unpaired) electrons. The normalized spacial score (nSPS) is 10.7. The van der Waals surface area contributed by atoms with Gasteiger partial charge in [0, 0.05) is 6.08 Å². The van der Waals surface area contributed by atoms with E-state index < -0.39 is 0 Å². The minimum Gasteiger partial charge on any atom is -0.321 e. The Bertz CT molecular complexity index is 546. The van der Waals surface area contributed by atoms with Gasteiger partial charge in [0.25, 0.3) is 0 Å². The van der Waals surface area contributed by atoms with Crippen molar-refractivity contribution in [1.82, 2.24) is 0 Å². The van der Waals surface area contributed by atoms with E-state index in [0.29, 0.717) is 0 Å². The van der Waals surface area contributed by atoms with Gasteiger partial charge >= 0.3 is 0 Å². The molecule has 1 amide bonds. The number of thioether (sulfide) groups is 1. The average Bonchev–Trinajstić information content (AvgIpc) is 2.85. The number of amides is 1. The highest BCUT2D eigenvalue weighted by atomic mass is 32.2. The number of anilines is 1. The molecule has 1 aromatic heterocycles. The van der Waals surface area contributed by atoms with Crippen molar-refractivity contribution in [2.45, 2.75) is 4.21 Å². The zero-order chi connectivity index (χ0) is 12.8. The van der Waals surface area contributed by atoms with Gasteiger partial charge in [-0.25, -0.2) is 0 Å². The number of carbonyl (C=O) groups excluding carboxylic acids is 1. The van der Waals surface area contributed by atoms with Crippen LogP contribution in [-0.2, 0) is 4.79 Å². The van der Waals surface area contributed by atoms with E-state index in [-0.39, 0.29) is 5.91 Å².